The van der Waals surface area contributed by atoms with E-state index in [1.807, 2.05) is 6.07 Å². The van der Waals surface area contributed by atoms with E-state index in [1.165, 1.54) is 22.3 Å². The van der Waals surface area contributed by atoms with Crippen LogP contribution >= 0.6 is 33.9 Å². The van der Waals surface area contributed by atoms with E-state index in [2.05, 4.69) is 34.5 Å². The Morgan fingerprint density at radius 2 is 2.22 bits per heavy atom. The molecule has 2 nitrogen and oxygen atoms in total. The fourth-order valence-corrected chi connectivity index (χ4v) is 3.38. The predicted molar refractivity (Wildman–Crippen MR) is 82.4 cm³/mol. The van der Waals surface area contributed by atoms with Gasteiger partial charge < -0.3 is 5.73 Å². The lowest BCUT2D eigenvalue weighted by atomic mass is 10.1. The van der Waals surface area contributed by atoms with Crippen molar-refractivity contribution in [3.05, 3.63) is 43.7 Å². The van der Waals surface area contributed by atoms with E-state index in [-0.39, 0.29) is 5.82 Å². The summed E-state index contributed by atoms with van der Waals surface area (Å²) < 4.78 is 14.0. The molecule has 2 aromatic rings. The summed E-state index contributed by atoms with van der Waals surface area (Å²) in [5.74, 6) is -0.194. The van der Waals surface area contributed by atoms with Crippen LogP contribution in [0, 0.1) is 9.39 Å². The lowest BCUT2D eigenvalue weighted by Crippen LogP contribution is -1.95. The second-order valence-electron chi connectivity index (χ2n) is 4.08. The van der Waals surface area contributed by atoms with Crippen LogP contribution < -0.4 is 5.73 Å². The minimum Gasteiger partial charge on any atom is -0.375 e. The maximum absolute atomic E-state index is 13.1. The highest BCUT2D eigenvalue weighted by atomic mass is 127. The Labute approximate surface area is 124 Å². The molecule has 0 spiro atoms. The molecule has 0 amide bonds. The van der Waals surface area contributed by atoms with Crippen molar-refractivity contribution in [2.75, 3.05) is 5.73 Å². The highest BCUT2D eigenvalue weighted by molar-refractivity contribution is 14.1. The Morgan fingerprint density at radius 1 is 1.44 bits per heavy atom. The van der Waals surface area contributed by atoms with Crippen LogP contribution in [-0.2, 0) is 12.8 Å². The Bertz CT molecular complexity index is 554. The average Bonchev–Trinajstić information content (AvgIpc) is 2.64. The normalized spacial score (nSPS) is 10.8. The molecule has 0 saturated carbocycles. The molecule has 0 atom stereocenters. The van der Waals surface area contributed by atoms with Gasteiger partial charge in [0.2, 0.25) is 0 Å². The topological polar surface area (TPSA) is 38.9 Å². The number of rotatable bonds is 4. The third-order valence-corrected chi connectivity index (χ3v) is 4.58. The van der Waals surface area contributed by atoms with Gasteiger partial charge in [0, 0.05) is 14.9 Å². The van der Waals surface area contributed by atoms with Gasteiger partial charge in [-0.05, 0) is 46.7 Å². The summed E-state index contributed by atoms with van der Waals surface area (Å²) >= 11 is 3.70. The van der Waals surface area contributed by atoms with Crippen molar-refractivity contribution in [2.24, 2.45) is 0 Å². The maximum atomic E-state index is 13.1. The first-order valence-corrected chi connectivity index (χ1v) is 7.67. The third kappa shape index (κ3) is 3.20. The number of aryl methyl sites for hydroxylation is 1. The molecule has 0 aliphatic heterocycles. The van der Waals surface area contributed by atoms with E-state index in [9.17, 15) is 4.39 Å². The highest BCUT2D eigenvalue weighted by Gasteiger charge is 2.11. The lowest BCUT2D eigenvalue weighted by molar-refractivity contribution is 0.626. The van der Waals surface area contributed by atoms with Gasteiger partial charge in [0.05, 0.1) is 5.69 Å². The summed E-state index contributed by atoms with van der Waals surface area (Å²) in [6.45, 7) is 2.13. The summed E-state index contributed by atoms with van der Waals surface area (Å²) in [5.41, 5.74) is 7.98. The number of thiazole rings is 1. The van der Waals surface area contributed by atoms with Gasteiger partial charge in [-0.1, -0.05) is 19.4 Å². The minimum absolute atomic E-state index is 0.194. The zero-order chi connectivity index (χ0) is 13.1. The molecular weight excluding hydrogens is 362 g/mol. The molecule has 5 heteroatoms. The van der Waals surface area contributed by atoms with Gasteiger partial charge in [-0.15, -0.1) is 11.3 Å². The molecule has 0 bridgehead atoms. The summed E-state index contributed by atoms with van der Waals surface area (Å²) in [6, 6.07) is 4.89. The molecule has 96 valence electrons. The first-order valence-electron chi connectivity index (χ1n) is 5.78. The highest BCUT2D eigenvalue weighted by Crippen LogP contribution is 2.26. The zero-order valence-electron chi connectivity index (χ0n) is 10.0. The van der Waals surface area contributed by atoms with Crippen LogP contribution in [0.1, 0.15) is 29.5 Å². The number of benzene rings is 1. The third-order valence-electron chi connectivity index (χ3n) is 2.65. The van der Waals surface area contributed by atoms with E-state index in [0.717, 1.165) is 34.1 Å². The van der Waals surface area contributed by atoms with Gasteiger partial charge in [-0.2, -0.15) is 0 Å². The van der Waals surface area contributed by atoms with Crippen LogP contribution in [0.2, 0.25) is 0 Å². The Hall–Kier alpha value is -0.690. The molecule has 18 heavy (non-hydrogen) atoms. The van der Waals surface area contributed by atoms with Gasteiger partial charge in [0.1, 0.15) is 5.82 Å². The molecule has 1 aromatic heterocycles. The standard InChI is InChI=1S/C13H14FIN2S/c1-2-3-11-12(18-13(16)17-11)6-8-4-5-9(14)7-10(8)15/h4-5,7H,2-3,6H2,1H3,(H2,16,17). The number of halogens is 2. The Balaban J connectivity index is 2.27. The SMILES string of the molecule is CCCc1nc(N)sc1Cc1ccc(F)cc1I. The smallest absolute Gasteiger partial charge is 0.180 e. The average molecular weight is 376 g/mol. The number of nitrogens with two attached hydrogens (primary N) is 1. The molecule has 2 N–H and O–H groups in total. The molecule has 0 fully saturated rings. The van der Waals surface area contributed by atoms with Crippen molar-refractivity contribution in [1.29, 1.82) is 0 Å². The molecule has 1 heterocycles. The first kappa shape index (κ1) is 13.7. The van der Waals surface area contributed by atoms with Gasteiger partial charge in [0.25, 0.3) is 0 Å². The van der Waals surface area contributed by atoms with E-state index in [1.54, 1.807) is 6.07 Å². The van der Waals surface area contributed by atoms with Crippen LogP contribution in [0.5, 0.6) is 0 Å². The fraction of sp³-hybridized carbons (Fsp3) is 0.308. The van der Waals surface area contributed by atoms with Crippen molar-refractivity contribution in [3.8, 4) is 0 Å². The van der Waals surface area contributed by atoms with Crippen LogP contribution in [0.25, 0.3) is 0 Å². The molecular formula is C13H14FIN2S. The zero-order valence-corrected chi connectivity index (χ0v) is 13.0. The summed E-state index contributed by atoms with van der Waals surface area (Å²) in [4.78, 5) is 5.56. The molecule has 0 aliphatic carbocycles. The Morgan fingerprint density at radius 3 is 2.89 bits per heavy atom. The predicted octanol–water partition coefficient (Wildman–Crippen LogP) is 4.01. The maximum Gasteiger partial charge on any atom is 0.180 e. The second kappa shape index (κ2) is 5.97. The first-order chi connectivity index (χ1) is 8.60. The molecule has 2 rings (SSSR count). The van der Waals surface area contributed by atoms with Gasteiger partial charge in [-0.25, -0.2) is 9.37 Å². The fourth-order valence-electron chi connectivity index (χ4n) is 1.81. The van der Waals surface area contributed by atoms with Crippen molar-refractivity contribution >= 4 is 39.1 Å². The lowest BCUT2D eigenvalue weighted by Gasteiger charge is -2.04. The van der Waals surface area contributed by atoms with Gasteiger partial charge in [0.15, 0.2) is 5.13 Å². The largest absolute Gasteiger partial charge is 0.375 e. The molecule has 1 aromatic carbocycles. The monoisotopic (exact) mass is 376 g/mol. The van der Waals surface area contributed by atoms with Crippen LogP contribution in [0.3, 0.4) is 0 Å². The molecule has 0 saturated heterocycles. The second-order valence-corrected chi connectivity index (χ2v) is 6.36. The van der Waals surface area contributed by atoms with E-state index in [0.29, 0.717) is 5.13 Å². The van der Waals surface area contributed by atoms with E-state index >= 15 is 0 Å². The molecule has 0 unspecified atom stereocenters. The van der Waals surface area contributed by atoms with E-state index < -0.39 is 0 Å². The number of aromatic nitrogens is 1. The van der Waals surface area contributed by atoms with Crippen LogP contribution in [0.15, 0.2) is 18.2 Å². The van der Waals surface area contributed by atoms with Gasteiger partial charge >= 0.3 is 0 Å². The van der Waals surface area contributed by atoms with Crippen LogP contribution in [-0.4, -0.2) is 4.98 Å². The van der Waals surface area contributed by atoms with Crippen molar-refractivity contribution < 1.29 is 4.39 Å². The van der Waals surface area contributed by atoms with Crippen LogP contribution in [0.4, 0.5) is 9.52 Å². The molecule has 0 radical (unpaired) electrons. The number of hydrogen-bond donors (Lipinski definition) is 1. The summed E-state index contributed by atoms with van der Waals surface area (Å²) in [6.07, 6.45) is 2.78. The van der Waals surface area contributed by atoms with Gasteiger partial charge in [-0.3, -0.25) is 0 Å². The number of nitrogens with zero attached hydrogens (tertiary/aromatic N) is 1. The summed E-state index contributed by atoms with van der Waals surface area (Å²) in [7, 11) is 0. The number of anilines is 1. The summed E-state index contributed by atoms with van der Waals surface area (Å²) in [5, 5.41) is 0.616. The van der Waals surface area contributed by atoms with Crippen molar-refractivity contribution in [1.82, 2.24) is 4.98 Å². The van der Waals surface area contributed by atoms with Crippen molar-refractivity contribution in [2.45, 2.75) is 26.2 Å². The minimum atomic E-state index is -0.194. The van der Waals surface area contributed by atoms with Crippen molar-refractivity contribution in [3.63, 3.8) is 0 Å². The van der Waals surface area contributed by atoms with E-state index in [4.69, 9.17) is 5.73 Å². The Kier molecular flexibility index (Phi) is 4.55. The number of nitrogen functional groups attached to an aromatic ring is 1. The number of hydrogen-bond acceptors (Lipinski definition) is 3. The quantitative estimate of drug-likeness (QED) is 0.819. The molecule has 0 aliphatic rings.